The monoisotopic (exact) mass is 297 g/mol. The van der Waals surface area contributed by atoms with Gasteiger partial charge in [0.2, 0.25) is 5.91 Å². The molecular weight excluding hydrogens is 274 g/mol. The molecule has 0 unspecified atom stereocenters. The smallest absolute Gasteiger partial charge is 0.231 e. The quantitative estimate of drug-likeness (QED) is 0.807. The normalized spacial score (nSPS) is 10.3. The molecule has 0 radical (unpaired) electrons. The third kappa shape index (κ3) is 3.88. The van der Waals surface area contributed by atoms with Crippen LogP contribution in [0.15, 0.2) is 48.5 Å². The molecule has 22 heavy (non-hydrogen) atoms. The molecule has 0 aliphatic carbocycles. The zero-order chi connectivity index (χ0) is 15.9. The number of carbonyl (C=O) groups is 1. The fourth-order valence-corrected chi connectivity index (χ4v) is 2.49. The van der Waals surface area contributed by atoms with E-state index < -0.39 is 0 Å². The van der Waals surface area contributed by atoms with Gasteiger partial charge < -0.3 is 9.64 Å². The zero-order valence-corrected chi connectivity index (χ0v) is 13.5. The molecule has 2 rings (SSSR count). The first-order chi connectivity index (χ1) is 10.7. The minimum Gasteiger partial charge on any atom is -0.494 e. The number of hydrogen-bond acceptors (Lipinski definition) is 2. The molecule has 2 aromatic carbocycles. The summed E-state index contributed by atoms with van der Waals surface area (Å²) < 4.78 is 5.42. The average molecular weight is 297 g/mol. The molecule has 1 amide bonds. The van der Waals surface area contributed by atoms with E-state index in [1.54, 1.807) is 0 Å². The molecule has 2 aromatic rings. The number of benzene rings is 2. The molecule has 0 heterocycles. The van der Waals surface area contributed by atoms with E-state index in [4.69, 9.17) is 4.74 Å². The van der Waals surface area contributed by atoms with Crippen molar-refractivity contribution in [3.63, 3.8) is 0 Å². The Morgan fingerprint density at radius 3 is 2.32 bits per heavy atom. The van der Waals surface area contributed by atoms with E-state index in [0.29, 0.717) is 19.6 Å². The number of para-hydroxylation sites is 1. The van der Waals surface area contributed by atoms with Crippen molar-refractivity contribution < 1.29 is 9.53 Å². The van der Waals surface area contributed by atoms with Gasteiger partial charge in [0.25, 0.3) is 0 Å². The molecule has 0 atom stereocenters. The summed E-state index contributed by atoms with van der Waals surface area (Å²) in [6.07, 6.45) is 0.397. The first-order valence-corrected chi connectivity index (χ1v) is 7.73. The van der Waals surface area contributed by atoms with Gasteiger partial charge in [-0.05, 0) is 50.1 Å². The molecule has 3 nitrogen and oxygen atoms in total. The van der Waals surface area contributed by atoms with Gasteiger partial charge in [-0.3, -0.25) is 4.79 Å². The van der Waals surface area contributed by atoms with Crippen molar-refractivity contribution in [2.45, 2.75) is 27.2 Å². The Hall–Kier alpha value is -2.29. The van der Waals surface area contributed by atoms with Gasteiger partial charge in [0.1, 0.15) is 5.75 Å². The lowest BCUT2D eigenvalue weighted by atomic mass is 10.1. The van der Waals surface area contributed by atoms with E-state index in [1.807, 2.05) is 74.2 Å². The second-order valence-electron chi connectivity index (χ2n) is 5.18. The lowest BCUT2D eigenvalue weighted by Crippen LogP contribution is -2.32. The summed E-state index contributed by atoms with van der Waals surface area (Å²) in [5.41, 5.74) is 3.10. The summed E-state index contributed by atoms with van der Waals surface area (Å²) in [4.78, 5) is 14.4. The van der Waals surface area contributed by atoms with Crippen molar-refractivity contribution >= 4 is 11.6 Å². The molecule has 0 spiro atoms. The summed E-state index contributed by atoms with van der Waals surface area (Å²) in [6, 6.07) is 15.7. The molecule has 0 bridgehead atoms. The maximum atomic E-state index is 12.6. The summed E-state index contributed by atoms with van der Waals surface area (Å²) in [5.74, 6) is 0.950. The Morgan fingerprint density at radius 2 is 1.73 bits per heavy atom. The van der Waals surface area contributed by atoms with Crippen molar-refractivity contribution in [3.05, 3.63) is 59.7 Å². The second-order valence-corrected chi connectivity index (χ2v) is 5.18. The summed E-state index contributed by atoms with van der Waals surface area (Å²) in [5, 5.41) is 0. The van der Waals surface area contributed by atoms with Gasteiger partial charge in [-0.1, -0.05) is 30.3 Å². The van der Waals surface area contributed by atoms with Gasteiger partial charge in [-0.15, -0.1) is 0 Å². The number of anilines is 1. The SMILES string of the molecule is CCOc1ccc(CC(=O)N(CC)c2ccccc2C)cc1. The predicted molar refractivity (Wildman–Crippen MR) is 90.5 cm³/mol. The summed E-state index contributed by atoms with van der Waals surface area (Å²) in [7, 11) is 0. The van der Waals surface area contributed by atoms with Crippen LogP contribution in [0.1, 0.15) is 25.0 Å². The third-order valence-corrected chi connectivity index (χ3v) is 3.61. The lowest BCUT2D eigenvalue weighted by Gasteiger charge is -2.23. The highest BCUT2D eigenvalue weighted by molar-refractivity contribution is 5.95. The molecular formula is C19H23NO2. The minimum absolute atomic E-state index is 0.112. The van der Waals surface area contributed by atoms with Gasteiger partial charge in [0.15, 0.2) is 0 Å². The average Bonchev–Trinajstić information content (AvgIpc) is 2.52. The Kier molecular flexibility index (Phi) is 5.59. The topological polar surface area (TPSA) is 29.5 Å². The maximum Gasteiger partial charge on any atom is 0.231 e. The number of carbonyl (C=O) groups excluding carboxylic acids is 1. The van der Waals surface area contributed by atoms with E-state index in [2.05, 4.69) is 0 Å². The third-order valence-electron chi connectivity index (χ3n) is 3.61. The molecule has 0 aromatic heterocycles. The zero-order valence-electron chi connectivity index (χ0n) is 13.5. The van der Waals surface area contributed by atoms with E-state index in [-0.39, 0.29) is 5.91 Å². The minimum atomic E-state index is 0.112. The van der Waals surface area contributed by atoms with Crippen LogP contribution in [0.25, 0.3) is 0 Å². The highest BCUT2D eigenvalue weighted by Crippen LogP contribution is 2.21. The van der Waals surface area contributed by atoms with Crippen LogP contribution in [0.2, 0.25) is 0 Å². The van der Waals surface area contributed by atoms with Crippen LogP contribution in [0.3, 0.4) is 0 Å². The number of rotatable bonds is 6. The number of hydrogen-bond donors (Lipinski definition) is 0. The molecule has 0 saturated heterocycles. The molecule has 0 fully saturated rings. The van der Waals surface area contributed by atoms with Crippen molar-refractivity contribution in [3.8, 4) is 5.75 Å². The van der Waals surface area contributed by atoms with Crippen molar-refractivity contribution in [1.29, 1.82) is 0 Å². The molecule has 116 valence electrons. The van der Waals surface area contributed by atoms with Gasteiger partial charge in [-0.2, -0.15) is 0 Å². The molecule has 0 aliphatic rings. The first-order valence-electron chi connectivity index (χ1n) is 7.73. The van der Waals surface area contributed by atoms with E-state index in [0.717, 1.165) is 22.6 Å². The summed E-state index contributed by atoms with van der Waals surface area (Å²) >= 11 is 0. The second kappa shape index (κ2) is 7.64. The van der Waals surface area contributed by atoms with Crippen LogP contribution in [-0.2, 0) is 11.2 Å². The Bertz CT molecular complexity index is 620. The number of aryl methyl sites for hydroxylation is 1. The van der Waals surface area contributed by atoms with Crippen LogP contribution in [0, 0.1) is 6.92 Å². The van der Waals surface area contributed by atoms with Crippen LogP contribution in [-0.4, -0.2) is 19.1 Å². The van der Waals surface area contributed by atoms with E-state index >= 15 is 0 Å². The highest BCUT2D eigenvalue weighted by atomic mass is 16.5. The summed E-state index contributed by atoms with van der Waals surface area (Å²) in [6.45, 7) is 7.30. The first kappa shape index (κ1) is 16.1. The van der Waals surface area contributed by atoms with Crippen LogP contribution >= 0.6 is 0 Å². The number of amides is 1. The molecule has 0 aliphatic heterocycles. The number of ether oxygens (including phenoxy) is 1. The van der Waals surface area contributed by atoms with Gasteiger partial charge in [0, 0.05) is 12.2 Å². The van der Waals surface area contributed by atoms with E-state index in [1.165, 1.54) is 0 Å². The Morgan fingerprint density at radius 1 is 1.05 bits per heavy atom. The fourth-order valence-electron chi connectivity index (χ4n) is 2.49. The van der Waals surface area contributed by atoms with Crippen molar-refractivity contribution in [2.24, 2.45) is 0 Å². The van der Waals surface area contributed by atoms with Crippen molar-refractivity contribution in [2.75, 3.05) is 18.1 Å². The number of likely N-dealkylation sites (N-methyl/N-ethyl adjacent to an activating group) is 1. The standard InChI is InChI=1S/C19H23NO2/c1-4-20(18-9-7-6-8-15(18)3)19(21)14-16-10-12-17(13-11-16)22-5-2/h6-13H,4-5,14H2,1-3H3. The fraction of sp³-hybridized carbons (Fsp3) is 0.316. The van der Waals surface area contributed by atoms with E-state index in [9.17, 15) is 4.79 Å². The largest absolute Gasteiger partial charge is 0.494 e. The maximum absolute atomic E-state index is 12.6. The highest BCUT2D eigenvalue weighted by Gasteiger charge is 2.15. The van der Waals surface area contributed by atoms with Crippen LogP contribution in [0.4, 0.5) is 5.69 Å². The molecule has 0 N–H and O–H groups in total. The van der Waals surface area contributed by atoms with Crippen LogP contribution in [0.5, 0.6) is 5.75 Å². The van der Waals surface area contributed by atoms with Gasteiger partial charge >= 0.3 is 0 Å². The van der Waals surface area contributed by atoms with Crippen molar-refractivity contribution in [1.82, 2.24) is 0 Å². The van der Waals surface area contributed by atoms with Crippen LogP contribution < -0.4 is 9.64 Å². The lowest BCUT2D eigenvalue weighted by molar-refractivity contribution is -0.117. The molecule has 0 saturated carbocycles. The number of nitrogens with zero attached hydrogens (tertiary/aromatic N) is 1. The van der Waals surface area contributed by atoms with Gasteiger partial charge in [0.05, 0.1) is 13.0 Å². The molecule has 3 heteroatoms. The Balaban J connectivity index is 2.11. The Labute approximate surface area is 132 Å². The predicted octanol–water partition coefficient (Wildman–Crippen LogP) is 3.99. The van der Waals surface area contributed by atoms with Gasteiger partial charge in [-0.25, -0.2) is 0 Å².